The van der Waals surface area contributed by atoms with Crippen molar-refractivity contribution in [2.75, 3.05) is 27.8 Å². The monoisotopic (exact) mass is 265 g/mol. The molecule has 3 nitrogen and oxygen atoms in total. The van der Waals surface area contributed by atoms with Gasteiger partial charge in [-0.2, -0.15) is 0 Å². The molecule has 0 spiro atoms. The number of rotatable bonds is 5. The number of nitrogens with zero attached hydrogens (tertiary/aromatic N) is 1. The van der Waals surface area contributed by atoms with Gasteiger partial charge in [-0.25, -0.2) is 0 Å². The number of aliphatic hydroxyl groups excluding tert-OH is 1. The van der Waals surface area contributed by atoms with Crippen molar-refractivity contribution in [3.8, 4) is 5.75 Å². The number of aryl methyl sites for hydroxylation is 1. The maximum Gasteiger partial charge on any atom is 0.122 e. The summed E-state index contributed by atoms with van der Waals surface area (Å²) in [4.78, 5) is 2.18. The van der Waals surface area contributed by atoms with Crippen LogP contribution in [0.2, 0.25) is 0 Å². The molecule has 108 valence electrons. The summed E-state index contributed by atoms with van der Waals surface area (Å²) in [7, 11) is 5.84. The van der Waals surface area contributed by atoms with E-state index in [1.165, 1.54) is 22.3 Å². The van der Waals surface area contributed by atoms with Gasteiger partial charge < -0.3 is 14.7 Å². The number of methoxy groups -OCH3 is 1. The lowest BCUT2D eigenvalue weighted by Crippen LogP contribution is -2.29. The molecule has 3 heteroatoms. The summed E-state index contributed by atoms with van der Waals surface area (Å²) >= 11 is 0. The molecule has 0 bridgehead atoms. The van der Waals surface area contributed by atoms with Gasteiger partial charge in [0.05, 0.1) is 7.11 Å². The number of ether oxygens (including phenoxy) is 1. The van der Waals surface area contributed by atoms with Crippen LogP contribution in [0.5, 0.6) is 5.75 Å². The molecule has 0 aliphatic carbocycles. The summed E-state index contributed by atoms with van der Waals surface area (Å²) in [5, 5.41) is 9.52. The molecule has 0 radical (unpaired) electrons. The Labute approximate surface area is 117 Å². The van der Waals surface area contributed by atoms with Crippen LogP contribution in [0.15, 0.2) is 6.07 Å². The van der Waals surface area contributed by atoms with Gasteiger partial charge >= 0.3 is 0 Å². The molecule has 0 aliphatic heterocycles. The third-order valence-electron chi connectivity index (χ3n) is 4.01. The zero-order chi connectivity index (χ0) is 14.7. The minimum atomic E-state index is 0.187. The first-order valence-corrected chi connectivity index (χ1v) is 6.77. The second kappa shape index (κ2) is 6.40. The Bertz CT molecular complexity index is 441. The number of hydrogen-bond acceptors (Lipinski definition) is 3. The fourth-order valence-corrected chi connectivity index (χ4v) is 2.88. The second-order valence-electron chi connectivity index (χ2n) is 5.63. The Kier molecular flexibility index (Phi) is 5.39. The van der Waals surface area contributed by atoms with Crippen LogP contribution < -0.4 is 4.74 Å². The molecule has 0 amide bonds. The minimum Gasteiger partial charge on any atom is -0.496 e. The Morgan fingerprint density at radius 1 is 1.21 bits per heavy atom. The highest BCUT2D eigenvalue weighted by Crippen LogP contribution is 2.36. The number of hydrogen-bond donors (Lipinski definition) is 1. The minimum absolute atomic E-state index is 0.187. The fourth-order valence-electron chi connectivity index (χ4n) is 2.88. The molecule has 0 saturated heterocycles. The van der Waals surface area contributed by atoms with Crippen LogP contribution in [0.25, 0.3) is 0 Å². The molecule has 0 fully saturated rings. The van der Waals surface area contributed by atoms with Gasteiger partial charge in [-0.3, -0.25) is 0 Å². The average molecular weight is 265 g/mol. The van der Waals surface area contributed by atoms with E-state index in [0.717, 1.165) is 5.75 Å². The summed E-state index contributed by atoms with van der Waals surface area (Å²) in [5.41, 5.74) is 4.97. The molecule has 0 aromatic heterocycles. The predicted octanol–water partition coefficient (Wildman–Crippen LogP) is 2.85. The maximum absolute atomic E-state index is 9.52. The van der Waals surface area contributed by atoms with Crippen molar-refractivity contribution in [3.63, 3.8) is 0 Å². The highest BCUT2D eigenvalue weighted by molar-refractivity contribution is 5.49. The van der Waals surface area contributed by atoms with E-state index in [4.69, 9.17) is 4.74 Å². The summed E-state index contributed by atoms with van der Waals surface area (Å²) < 4.78 is 5.43. The van der Waals surface area contributed by atoms with Crippen molar-refractivity contribution >= 4 is 0 Å². The Balaban J connectivity index is 3.43. The molecule has 1 aromatic carbocycles. The average Bonchev–Trinajstić information content (AvgIpc) is 2.37. The molecule has 2 unspecified atom stereocenters. The molecular formula is C16H27NO2. The molecule has 0 saturated carbocycles. The topological polar surface area (TPSA) is 32.7 Å². The van der Waals surface area contributed by atoms with Gasteiger partial charge in [0.15, 0.2) is 0 Å². The van der Waals surface area contributed by atoms with E-state index in [2.05, 4.69) is 52.8 Å². The van der Waals surface area contributed by atoms with Crippen molar-refractivity contribution in [1.82, 2.24) is 4.90 Å². The summed E-state index contributed by atoms with van der Waals surface area (Å²) in [6, 6.07) is 2.31. The van der Waals surface area contributed by atoms with Crippen LogP contribution in [0, 0.1) is 26.7 Å². The quantitative estimate of drug-likeness (QED) is 0.888. The Morgan fingerprint density at radius 2 is 1.79 bits per heavy atom. The van der Waals surface area contributed by atoms with Crippen molar-refractivity contribution in [1.29, 1.82) is 0 Å². The van der Waals surface area contributed by atoms with Crippen molar-refractivity contribution in [2.24, 2.45) is 5.92 Å². The molecule has 1 aromatic rings. The van der Waals surface area contributed by atoms with E-state index < -0.39 is 0 Å². The second-order valence-corrected chi connectivity index (χ2v) is 5.63. The van der Waals surface area contributed by atoms with Gasteiger partial charge in [0.1, 0.15) is 5.75 Å². The van der Waals surface area contributed by atoms with E-state index >= 15 is 0 Å². The Hall–Kier alpha value is -1.06. The molecule has 2 atom stereocenters. The molecular weight excluding hydrogens is 238 g/mol. The zero-order valence-corrected chi connectivity index (χ0v) is 13.2. The van der Waals surface area contributed by atoms with Crippen LogP contribution in [0.4, 0.5) is 0 Å². The van der Waals surface area contributed by atoms with Gasteiger partial charge in [0.2, 0.25) is 0 Å². The highest BCUT2D eigenvalue weighted by Gasteiger charge is 2.25. The van der Waals surface area contributed by atoms with Crippen molar-refractivity contribution < 1.29 is 9.84 Å². The van der Waals surface area contributed by atoms with Crippen LogP contribution in [-0.2, 0) is 0 Å². The standard InChI is InChI=1S/C16H27NO2/c1-10-8-14(19-7)12(3)13(4)15(10)16(17(5)6)11(2)9-18/h8,11,16,18H,9H2,1-7H3. The third-order valence-corrected chi connectivity index (χ3v) is 4.01. The SMILES string of the molecule is COc1cc(C)c(C(C(C)CO)N(C)C)c(C)c1C. The lowest BCUT2D eigenvalue weighted by atomic mass is 9.86. The molecule has 0 heterocycles. The van der Waals surface area contributed by atoms with Gasteiger partial charge in [-0.1, -0.05) is 6.92 Å². The van der Waals surface area contributed by atoms with Gasteiger partial charge in [0, 0.05) is 12.6 Å². The van der Waals surface area contributed by atoms with E-state index in [1.807, 2.05) is 0 Å². The third kappa shape index (κ3) is 3.10. The smallest absolute Gasteiger partial charge is 0.122 e. The summed E-state index contributed by atoms with van der Waals surface area (Å²) in [6.07, 6.45) is 0. The predicted molar refractivity (Wildman–Crippen MR) is 79.9 cm³/mol. The first-order valence-electron chi connectivity index (χ1n) is 6.77. The van der Waals surface area contributed by atoms with Gasteiger partial charge in [0.25, 0.3) is 0 Å². The first-order chi connectivity index (χ1) is 8.84. The van der Waals surface area contributed by atoms with E-state index in [9.17, 15) is 5.11 Å². The normalized spacial score (nSPS) is 14.6. The summed E-state index contributed by atoms with van der Waals surface area (Å²) in [5.74, 6) is 1.13. The number of aliphatic hydroxyl groups is 1. The molecule has 19 heavy (non-hydrogen) atoms. The first kappa shape index (κ1) is 16.0. The van der Waals surface area contributed by atoms with Crippen LogP contribution >= 0.6 is 0 Å². The van der Waals surface area contributed by atoms with Crippen LogP contribution in [-0.4, -0.2) is 37.8 Å². The maximum atomic E-state index is 9.52. The van der Waals surface area contributed by atoms with E-state index in [-0.39, 0.29) is 18.6 Å². The number of benzene rings is 1. The molecule has 1 N–H and O–H groups in total. The largest absolute Gasteiger partial charge is 0.496 e. The lowest BCUT2D eigenvalue weighted by molar-refractivity contribution is 0.145. The van der Waals surface area contributed by atoms with Crippen molar-refractivity contribution in [3.05, 3.63) is 28.3 Å². The van der Waals surface area contributed by atoms with Gasteiger partial charge in [-0.05, 0) is 69.1 Å². The van der Waals surface area contributed by atoms with Crippen LogP contribution in [0.3, 0.4) is 0 Å². The van der Waals surface area contributed by atoms with E-state index in [0.29, 0.717) is 0 Å². The fraction of sp³-hybridized carbons (Fsp3) is 0.625. The highest BCUT2D eigenvalue weighted by atomic mass is 16.5. The molecule has 1 rings (SSSR count). The van der Waals surface area contributed by atoms with E-state index in [1.54, 1.807) is 7.11 Å². The Morgan fingerprint density at radius 3 is 2.21 bits per heavy atom. The lowest BCUT2D eigenvalue weighted by Gasteiger charge is -2.33. The molecule has 0 aliphatic rings. The van der Waals surface area contributed by atoms with Gasteiger partial charge in [-0.15, -0.1) is 0 Å². The van der Waals surface area contributed by atoms with Crippen molar-refractivity contribution in [2.45, 2.75) is 33.7 Å². The van der Waals surface area contributed by atoms with Crippen LogP contribution in [0.1, 0.15) is 35.2 Å². The summed E-state index contributed by atoms with van der Waals surface area (Å²) in [6.45, 7) is 8.62. The zero-order valence-electron chi connectivity index (χ0n) is 13.2.